The summed E-state index contributed by atoms with van der Waals surface area (Å²) >= 11 is 0. The minimum Gasteiger partial charge on any atom is -0.462 e. The van der Waals surface area contributed by atoms with Gasteiger partial charge in [-0.15, -0.1) is 0 Å². The highest BCUT2D eigenvalue weighted by atomic mass is 31.2. The molecule has 2 unspecified atom stereocenters. The zero-order valence-corrected chi connectivity index (χ0v) is 64.5. The van der Waals surface area contributed by atoms with E-state index in [1.807, 2.05) is 0 Å². The normalized spacial score (nSPS) is 14.0. The number of carbonyl (C=O) groups excluding carboxylic acids is 4. The van der Waals surface area contributed by atoms with Gasteiger partial charge in [-0.1, -0.05) is 350 Å². The monoisotopic (exact) mass is 1410 g/mol. The first kappa shape index (κ1) is 94.1. The summed E-state index contributed by atoms with van der Waals surface area (Å²) in [6.07, 6.45) is 57.1. The maximum Gasteiger partial charge on any atom is 0.472 e. The van der Waals surface area contributed by atoms with Crippen molar-refractivity contribution in [1.82, 2.24) is 0 Å². The quantitative estimate of drug-likeness (QED) is 0.0222. The zero-order chi connectivity index (χ0) is 70.7. The summed E-state index contributed by atoms with van der Waals surface area (Å²) in [5, 5.41) is 10.6. The molecule has 0 rings (SSSR count). The van der Waals surface area contributed by atoms with Crippen LogP contribution in [0.3, 0.4) is 0 Å². The van der Waals surface area contributed by atoms with Gasteiger partial charge in [0.2, 0.25) is 0 Å². The standard InChI is InChI=1S/C77H150O17P2/c1-7-9-11-13-15-16-17-18-19-20-21-22-23-24-27-31-37-43-49-55-61-76(81)94-73(66-88-75(80)60-54-48-42-36-30-28-25-26-29-34-40-45-51-57-69(3)4)68-92-96(85,86)90-64-71(78)63-89-95(83,84)91-67-72(65-87-74(79)59-53-47-39-14-12-10-8-2)93-77(82)62-56-50-44-38-33-32-35-41-46-52-58-70(5)6/h69-73,78H,7-68H2,1-6H3,(H,83,84)(H,85,86)/t71-,72+,73+/m0/s1. The van der Waals surface area contributed by atoms with Gasteiger partial charge in [0, 0.05) is 25.7 Å². The zero-order valence-electron chi connectivity index (χ0n) is 62.7. The minimum absolute atomic E-state index is 0.106. The van der Waals surface area contributed by atoms with Gasteiger partial charge in [-0.2, -0.15) is 0 Å². The molecule has 0 aliphatic rings. The highest BCUT2D eigenvalue weighted by Gasteiger charge is 2.30. The van der Waals surface area contributed by atoms with Crippen LogP contribution in [-0.2, 0) is 65.4 Å². The van der Waals surface area contributed by atoms with E-state index in [4.69, 9.17) is 37.0 Å². The fourth-order valence-electron chi connectivity index (χ4n) is 11.8. The van der Waals surface area contributed by atoms with Crippen molar-refractivity contribution in [2.45, 2.75) is 419 Å². The van der Waals surface area contributed by atoms with Crippen LogP contribution < -0.4 is 0 Å². The van der Waals surface area contributed by atoms with Crippen LogP contribution in [0.5, 0.6) is 0 Å². The van der Waals surface area contributed by atoms with E-state index in [9.17, 15) is 43.2 Å². The second-order valence-corrected chi connectivity index (χ2v) is 31.6. The largest absolute Gasteiger partial charge is 0.472 e. The van der Waals surface area contributed by atoms with Gasteiger partial charge in [0.05, 0.1) is 26.4 Å². The Morgan fingerprint density at radius 2 is 0.479 bits per heavy atom. The lowest BCUT2D eigenvalue weighted by Gasteiger charge is -2.21. The molecule has 0 aromatic carbocycles. The topological polar surface area (TPSA) is 237 Å². The van der Waals surface area contributed by atoms with Gasteiger partial charge >= 0.3 is 39.5 Å². The second kappa shape index (κ2) is 68.8. The number of aliphatic hydroxyl groups excluding tert-OH is 1. The van der Waals surface area contributed by atoms with Crippen LogP contribution in [0.25, 0.3) is 0 Å². The molecule has 0 spiro atoms. The van der Waals surface area contributed by atoms with Gasteiger partial charge in [0.25, 0.3) is 0 Å². The number of ether oxygens (including phenoxy) is 4. The number of carbonyl (C=O) groups is 4. The molecule has 5 atom stereocenters. The number of rotatable bonds is 76. The van der Waals surface area contributed by atoms with Crippen molar-refractivity contribution in [2.75, 3.05) is 39.6 Å². The van der Waals surface area contributed by atoms with Crippen molar-refractivity contribution in [1.29, 1.82) is 0 Å². The van der Waals surface area contributed by atoms with Gasteiger partial charge in [-0.05, 0) is 37.5 Å². The first-order valence-corrected chi connectivity index (χ1v) is 43.0. The smallest absolute Gasteiger partial charge is 0.462 e. The number of hydrogen-bond donors (Lipinski definition) is 3. The van der Waals surface area contributed by atoms with Crippen LogP contribution in [0, 0.1) is 11.8 Å². The Morgan fingerprint density at radius 3 is 0.708 bits per heavy atom. The lowest BCUT2D eigenvalue weighted by atomic mass is 10.0. The first-order chi connectivity index (χ1) is 46.4. The van der Waals surface area contributed by atoms with E-state index in [0.717, 1.165) is 115 Å². The Kier molecular flexibility index (Phi) is 67.4. The van der Waals surface area contributed by atoms with Crippen LogP contribution >= 0.6 is 15.6 Å². The van der Waals surface area contributed by atoms with E-state index in [2.05, 4.69) is 41.5 Å². The van der Waals surface area contributed by atoms with Crippen LogP contribution in [0.1, 0.15) is 401 Å². The third-order valence-electron chi connectivity index (χ3n) is 18.0. The molecule has 0 aliphatic heterocycles. The molecule has 0 saturated heterocycles. The summed E-state index contributed by atoms with van der Waals surface area (Å²) in [5.74, 6) is -0.576. The lowest BCUT2D eigenvalue weighted by molar-refractivity contribution is -0.161. The average molecular weight is 1410 g/mol. The molecule has 0 radical (unpaired) electrons. The third-order valence-corrected chi connectivity index (χ3v) is 19.9. The van der Waals surface area contributed by atoms with Crippen LogP contribution in [-0.4, -0.2) is 96.7 Å². The molecule has 0 saturated carbocycles. The number of phosphoric acid groups is 2. The third kappa shape index (κ3) is 70.5. The van der Waals surface area contributed by atoms with Crippen molar-refractivity contribution in [2.24, 2.45) is 11.8 Å². The molecule has 3 N–H and O–H groups in total. The van der Waals surface area contributed by atoms with E-state index in [1.165, 1.54) is 205 Å². The Morgan fingerprint density at radius 1 is 0.281 bits per heavy atom. The summed E-state index contributed by atoms with van der Waals surface area (Å²) in [6, 6.07) is 0. The molecule has 96 heavy (non-hydrogen) atoms. The summed E-state index contributed by atoms with van der Waals surface area (Å²) in [7, 11) is -9.91. The maximum absolute atomic E-state index is 13.1. The van der Waals surface area contributed by atoms with E-state index >= 15 is 0 Å². The SMILES string of the molecule is CCCCCCCCCCCCCCCCCCCCCCC(=O)O[C@H](COC(=O)CCCCCCCCCCCCCCCC(C)C)COP(=O)(O)OC[C@@H](O)COP(=O)(O)OC[C@@H](COC(=O)CCCCCCCCC)OC(=O)CCCCCCCCCCCCC(C)C. The summed E-state index contributed by atoms with van der Waals surface area (Å²) in [4.78, 5) is 72.7. The van der Waals surface area contributed by atoms with E-state index in [1.54, 1.807) is 0 Å². The summed E-state index contributed by atoms with van der Waals surface area (Å²) < 4.78 is 68.5. The molecule has 19 heteroatoms. The number of aliphatic hydroxyl groups is 1. The molecule has 0 aromatic heterocycles. The van der Waals surface area contributed by atoms with Crippen LogP contribution in [0.15, 0.2) is 0 Å². The van der Waals surface area contributed by atoms with Crippen molar-refractivity contribution in [3.8, 4) is 0 Å². The van der Waals surface area contributed by atoms with E-state index in [0.29, 0.717) is 25.7 Å². The number of phosphoric ester groups is 2. The summed E-state index contributed by atoms with van der Waals surface area (Å²) in [5.41, 5.74) is 0. The number of hydrogen-bond acceptors (Lipinski definition) is 15. The van der Waals surface area contributed by atoms with Crippen molar-refractivity contribution >= 4 is 39.5 Å². The van der Waals surface area contributed by atoms with Gasteiger partial charge in [-0.3, -0.25) is 37.3 Å². The lowest BCUT2D eigenvalue weighted by Crippen LogP contribution is -2.30. The molecule has 0 fully saturated rings. The Bertz CT molecular complexity index is 1860. The predicted molar refractivity (Wildman–Crippen MR) is 391 cm³/mol. The van der Waals surface area contributed by atoms with E-state index < -0.39 is 97.5 Å². The highest BCUT2D eigenvalue weighted by molar-refractivity contribution is 7.47. The molecular weight excluding hydrogens is 1260 g/mol. The molecule has 0 aliphatic carbocycles. The van der Waals surface area contributed by atoms with Gasteiger partial charge in [0.15, 0.2) is 12.2 Å². The molecular formula is C77H150O17P2. The van der Waals surface area contributed by atoms with E-state index in [-0.39, 0.29) is 25.7 Å². The Hall–Kier alpha value is -1.94. The van der Waals surface area contributed by atoms with Crippen LogP contribution in [0.2, 0.25) is 0 Å². The minimum atomic E-state index is -4.96. The Labute approximate surface area is 588 Å². The molecule has 0 bridgehead atoms. The molecule has 0 aromatic rings. The van der Waals surface area contributed by atoms with Crippen LogP contribution in [0.4, 0.5) is 0 Å². The van der Waals surface area contributed by atoms with Gasteiger partial charge in [-0.25, -0.2) is 9.13 Å². The van der Waals surface area contributed by atoms with Gasteiger partial charge in [0.1, 0.15) is 19.3 Å². The fraction of sp³-hybridized carbons (Fsp3) is 0.948. The predicted octanol–water partition coefficient (Wildman–Crippen LogP) is 22.7. The number of esters is 4. The molecule has 17 nitrogen and oxygen atoms in total. The second-order valence-electron chi connectivity index (χ2n) is 28.7. The first-order valence-electron chi connectivity index (χ1n) is 40.0. The number of unbranched alkanes of at least 4 members (excludes halogenated alkanes) is 46. The van der Waals surface area contributed by atoms with Gasteiger partial charge < -0.3 is 33.8 Å². The highest BCUT2D eigenvalue weighted by Crippen LogP contribution is 2.45. The molecule has 0 amide bonds. The van der Waals surface area contributed by atoms with Crippen molar-refractivity contribution in [3.63, 3.8) is 0 Å². The maximum atomic E-state index is 13.1. The fourth-order valence-corrected chi connectivity index (χ4v) is 13.4. The molecule has 0 heterocycles. The summed E-state index contributed by atoms with van der Waals surface area (Å²) in [6.45, 7) is 9.57. The molecule has 570 valence electrons. The van der Waals surface area contributed by atoms with Crippen molar-refractivity contribution < 1.29 is 80.2 Å². The van der Waals surface area contributed by atoms with Crippen molar-refractivity contribution in [3.05, 3.63) is 0 Å². The average Bonchev–Trinajstić information content (AvgIpc) is 1.32. The Balaban J connectivity index is 5.18.